The Morgan fingerprint density at radius 1 is 0.963 bits per heavy atom. The molecule has 0 aliphatic carbocycles. The Kier molecular flexibility index (Phi) is 6.37. The summed E-state index contributed by atoms with van der Waals surface area (Å²) < 4.78 is 0. The van der Waals surface area contributed by atoms with Crippen LogP contribution in [0.1, 0.15) is 28.4 Å². The molecule has 3 rings (SSSR count). The van der Waals surface area contributed by atoms with E-state index in [2.05, 4.69) is 46.3 Å². The second-order valence-corrected chi connectivity index (χ2v) is 7.16. The number of hydrogen-bond donors (Lipinski definition) is 1. The highest BCUT2D eigenvalue weighted by Gasteiger charge is 2.19. The van der Waals surface area contributed by atoms with Crippen molar-refractivity contribution in [2.24, 2.45) is 0 Å². The second-order valence-electron chi connectivity index (χ2n) is 7.16. The molecule has 27 heavy (non-hydrogen) atoms. The van der Waals surface area contributed by atoms with Crippen LogP contribution >= 0.6 is 0 Å². The molecule has 0 aromatic heterocycles. The highest BCUT2D eigenvalue weighted by molar-refractivity contribution is 5.97. The first-order chi connectivity index (χ1) is 13.0. The van der Waals surface area contributed by atoms with E-state index < -0.39 is 0 Å². The summed E-state index contributed by atoms with van der Waals surface area (Å²) >= 11 is 0. The van der Waals surface area contributed by atoms with Crippen LogP contribution in [0.3, 0.4) is 0 Å². The molecule has 5 nitrogen and oxygen atoms in total. The minimum Gasteiger partial charge on any atom is -0.325 e. The number of nitrogens with one attached hydrogen (secondary N) is 1. The van der Waals surface area contributed by atoms with Crippen molar-refractivity contribution in [2.45, 2.75) is 20.4 Å². The first-order valence-electron chi connectivity index (χ1n) is 9.41. The summed E-state index contributed by atoms with van der Waals surface area (Å²) in [6.45, 7) is 8.70. The van der Waals surface area contributed by atoms with Gasteiger partial charge < -0.3 is 5.32 Å². The van der Waals surface area contributed by atoms with E-state index >= 15 is 0 Å². The zero-order valence-corrected chi connectivity index (χ0v) is 16.1. The Balaban J connectivity index is 1.46. The molecule has 2 aromatic carbocycles. The molecule has 1 aliphatic heterocycles. The lowest BCUT2D eigenvalue weighted by molar-refractivity contribution is -0.117. The molecule has 0 spiro atoms. The molecule has 0 unspecified atom stereocenters. The number of rotatable bonds is 6. The first kappa shape index (κ1) is 19.3. The van der Waals surface area contributed by atoms with Crippen LogP contribution in [0.2, 0.25) is 0 Å². The third-order valence-corrected chi connectivity index (χ3v) is 5.04. The molecule has 1 amide bonds. The van der Waals surface area contributed by atoms with Crippen molar-refractivity contribution < 1.29 is 9.59 Å². The predicted octanol–water partition coefficient (Wildman–Crippen LogP) is 2.95. The zero-order valence-electron chi connectivity index (χ0n) is 16.1. The average Bonchev–Trinajstić information content (AvgIpc) is 2.65. The van der Waals surface area contributed by atoms with Crippen LogP contribution in [0.4, 0.5) is 5.69 Å². The van der Waals surface area contributed by atoms with Gasteiger partial charge in [-0.15, -0.1) is 0 Å². The summed E-state index contributed by atoms with van der Waals surface area (Å²) in [6, 6.07) is 15.6. The predicted molar refractivity (Wildman–Crippen MR) is 108 cm³/mol. The molecule has 1 saturated heterocycles. The number of hydrogen-bond acceptors (Lipinski definition) is 4. The summed E-state index contributed by atoms with van der Waals surface area (Å²) in [4.78, 5) is 28.4. The van der Waals surface area contributed by atoms with E-state index in [0.29, 0.717) is 17.8 Å². The third-order valence-electron chi connectivity index (χ3n) is 5.04. The number of nitrogens with zero attached hydrogens (tertiary/aromatic N) is 2. The Labute approximate surface area is 161 Å². The van der Waals surface area contributed by atoms with Gasteiger partial charge in [0.15, 0.2) is 5.78 Å². The van der Waals surface area contributed by atoms with Gasteiger partial charge in [0, 0.05) is 44.0 Å². The smallest absolute Gasteiger partial charge is 0.238 e. The third kappa shape index (κ3) is 5.49. The van der Waals surface area contributed by atoms with E-state index in [1.54, 1.807) is 18.2 Å². The van der Waals surface area contributed by atoms with E-state index in [4.69, 9.17) is 0 Å². The summed E-state index contributed by atoms with van der Waals surface area (Å²) in [7, 11) is 0. The van der Waals surface area contributed by atoms with Gasteiger partial charge in [-0.3, -0.25) is 19.4 Å². The standard InChI is InChI=1S/C22H27N3O2/c1-17-6-3-4-7-20(17)15-24-10-12-25(13-11-24)16-22(27)23-21-9-5-8-19(14-21)18(2)26/h3-9,14H,10-13,15-16H2,1-2H3,(H,23,27). The fraction of sp³-hybridized carbons (Fsp3) is 0.364. The van der Waals surface area contributed by atoms with Crippen LogP contribution in [-0.4, -0.2) is 54.2 Å². The van der Waals surface area contributed by atoms with Crippen LogP contribution in [0.15, 0.2) is 48.5 Å². The molecule has 0 saturated carbocycles. The first-order valence-corrected chi connectivity index (χ1v) is 9.41. The molecule has 0 atom stereocenters. The van der Waals surface area contributed by atoms with Crippen LogP contribution < -0.4 is 5.32 Å². The Morgan fingerprint density at radius 3 is 2.37 bits per heavy atom. The normalized spacial score (nSPS) is 15.5. The average molecular weight is 365 g/mol. The molecule has 1 heterocycles. The molecule has 1 aliphatic rings. The van der Waals surface area contributed by atoms with Crippen LogP contribution in [-0.2, 0) is 11.3 Å². The van der Waals surface area contributed by atoms with Crippen molar-refractivity contribution in [3.63, 3.8) is 0 Å². The van der Waals surface area contributed by atoms with Gasteiger partial charge in [0.25, 0.3) is 0 Å². The number of ketones is 1. The lowest BCUT2D eigenvalue weighted by atomic mass is 10.1. The number of aryl methyl sites for hydroxylation is 1. The SMILES string of the molecule is CC(=O)c1cccc(NC(=O)CN2CCN(Cc3ccccc3C)CC2)c1. The molecular weight excluding hydrogens is 338 g/mol. The van der Waals surface area contributed by atoms with Crippen LogP contribution in [0.25, 0.3) is 0 Å². The summed E-state index contributed by atoms with van der Waals surface area (Å²) in [5.41, 5.74) is 3.98. The van der Waals surface area contributed by atoms with Gasteiger partial charge in [-0.05, 0) is 37.1 Å². The zero-order chi connectivity index (χ0) is 19.2. The van der Waals surface area contributed by atoms with Crippen LogP contribution in [0, 0.1) is 6.92 Å². The number of piperazine rings is 1. The highest BCUT2D eigenvalue weighted by atomic mass is 16.2. The summed E-state index contributed by atoms with van der Waals surface area (Å²) in [5, 5.41) is 2.90. The summed E-state index contributed by atoms with van der Waals surface area (Å²) in [5.74, 6) is -0.0427. The molecule has 1 fully saturated rings. The van der Waals surface area contributed by atoms with Crippen molar-refractivity contribution in [3.05, 3.63) is 65.2 Å². The van der Waals surface area contributed by atoms with E-state index in [9.17, 15) is 9.59 Å². The van der Waals surface area contributed by atoms with Crippen molar-refractivity contribution in [1.29, 1.82) is 0 Å². The van der Waals surface area contributed by atoms with E-state index in [1.807, 2.05) is 6.07 Å². The van der Waals surface area contributed by atoms with Gasteiger partial charge in [0.2, 0.25) is 5.91 Å². The lowest BCUT2D eigenvalue weighted by Crippen LogP contribution is -2.48. The monoisotopic (exact) mass is 365 g/mol. The highest BCUT2D eigenvalue weighted by Crippen LogP contribution is 2.14. The maximum Gasteiger partial charge on any atom is 0.238 e. The molecule has 5 heteroatoms. The van der Waals surface area contributed by atoms with Crippen molar-refractivity contribution in [2.75, 3.05) is 38.0 Å². The number of amides is 1. The van der Waals surface area contributed by atoms with Gasteiger partial charge in [-0.1, -0.05) is 36.4 Å². The van der Waals surface area contributed by atoms with Gasteiger partial charge in [-0.25, -0.2) is 0 Å². The Morgan fingerprint density at radius 2 is 1.67 bits per heavy atom. The number of benzene rings is 2. The van der Waals surface area contributed by atoms with Crippen LogP contribution in [0.5, 0.6) is 0 Å². The second kappa shape index (κ2) is 8.93. The van der Waals surface area contributed by atoms with Gasteiger partial charge in [0.05, 0.1) is 6.54 Å². The Hall–Kier alpha value is -2.50. The minimum atomic E-state index is -0.0388. The molecule has 142 valence electrons. The van der Waals surface area contributed by atoms with Gasteiger partial charge in [-0.2, -0.15) is 0 Å². The largest absolute Gasteiger partial charge is 0.325 e. The topological polar surface area (TPSA) is 52.7 Å². The maximum absolute atomic E-state index is 12.3. The van der Waals surface area contributed by atoms with E-state index in [1.165, 1.54) is 18.1 Å². The molecule has 0 radical (unpaired) electrons. The fourth-order valence-corrected chi connectivity index (χ4v) is 3.35. The van der Waals surface area contributed by atoms with Gasteiger partial charge in [0.1, 0.15) is 0 Å². The number of carbonyl (C=O) groups excluding carboxylic acids is 2. The number of carbonyl (C=O) groups is 2. The van der Waals surface area contributed by atoms with Crippen molar-refractivity contribution in [3.8, 4) is 0 Å². The fourth-order valence-electron chi connectivity index (χ4n) is 3.35. The summed E-state index contributed by atoms with van der Waals surface area (Å²) in [6.07, 6.45) is 0. The van der Waals surface area contributed by atoms with Gasteiger partial charge >= 0.3 is 0 Å². The lowest BCUT2D eigenvalue weighted by Gasteiger charge is -2.34. The van der Waals surface area contributed by atoms with Crippen molar-refractivity contribution in [1.82, 2.24) is 9.80 Å². The maximum atomic E-state index is 12.3. The van der Waals surface area contributed by atoms with E-state index in [0.717, 1.165) is 32.7 Å². The van der Waals surface area contributed by atoms with E-state index in [-0.39, 0.29) is 11.7 Å². The number of Topliss-reactive ketones (excluding diaryl/α,β-unsaturated/α-hetero) is 1. The molecule has 1 N–H and O–H groups in total. The molecule has 0 bridgehead atoms. The molecule has 2 aromatic rings. The Bertz CT molecular complexity index is 811. The minimum absolute atomic E-state index is 0.00382. The quantitative estimate of drug-likeness (QED) is 0.800. The number of anilines is 1. The molecular formula is C22H27N3O2. The van der Waals surface area contributed by atoms with Crippen molar-refractivity contribution >= 4 is 17.4 Å².